The van der Waals surface area contributed by atoms with Crippen LogP contribution in [0.5, 0.6) is 5.75 Å². The number of hydrogen-bond donors (Lipinski definition) is 0. The molecular formula is C15H25BrN2O. The van der Waals surface area contributed by atoms with Crippen LogP contribution < -0.4 is 4.74 Å². The fourth-order valence-corrected chi connectivity index (χ4v) is 2.37. The molecule has 0 aliphatic carbocycles. The van der Waals surface area contributed by atoms with E-state index < -0.39 is 0 Å². The topological polar surface area (TPSA) is 15.7 Å². The first-order chi connectivity index (χ1) is 9.06. The van der Waals surface area contributed by atoms with Gasteiger partial charge in [-0.1, -0.05) is 22.9 Å². The van der Waals surface area contributed by atoms with Crippen LogP contribution in [0.25, 0.3) is 0 Å². The Morgan fingerprint density at radius 1 is 1.21 bits per heavy atom. The zero-order valence-corrected chi connectivity index (χ0v) is 14.0. The second kappa shape index (κ2) is 8.56. The van der Waals surface area contributed by atoms with Crippen LogP contribution in [0.3, 0.4) is 0 Å². The Balaban J connectivity index is 2.59. The smallest absolute Gasteiger partial charge is 0.119 e. The van der Waals surface area contributed by atoms with E-state index in [9.17, 15) is 0 Å². The average Bonchev–Trinajstić information content (AvgIpc) is 2.39. The van der Waals surface area contributed by atoms with Crippen LogP contribution in [0.15, 0.2) is 22.7 Å². The van der Waals surface area contributed by atoms with Crippen molar-refractivity contribution in [3.8, 4) is 5.75 Å². The van der Waals surface area contributed by atoms with Gasteiger partial charge < -0.3 is 9.64 Å². The predicted octanol–water partition coefficient (Wildman–Crippen LogP) is 3.23. The van der Waals surface area contributed by atoms with Crippen LogP contribution in [0.1, 0.15) is 18.9 Å². The lowest BCUT2D eigenvalue weighted by Crippen LogP contribution is -2.27. The fraction of sp³-hybridized carbons (Fsp3) is 0.600. The Labute approximate surface area is 125 Å². The van der Waals surface area contributed by atoms with Gasteiger partial charge in [0.05, 0.1) is 7.11 Å². The fourth-order valence-electron chi connectivity index (χ4n) is 2.00. The van der Waals surface area contributed by atoms with Gasteiger partial charge in [-0.05, 0) is 63.9 Å². The standard InChI is InChI=1S/C15H25BrN2O/c1-5-18(10-6-9-17(2)3)12-13-11-14(19-4)7-8-15(13)16/h7-8,11H,5-6,9-10,12H2,1-4H3. The summed E-state index contributed by atoms with van der Waals surface area (Å²) in [5, 5.41) is 0. The van der Waals surface area contributed by atoms with Gasteiger partial charge in [-0.15, -0.1) is 0 Å². The van der Waals surface area contributed by atoms with Crippen molar-refractivity contribution in [3.05, 3.63) is 28.2 Å². The van der Waals surface area contributed by atoms with Crippen molar-refractivity contribution in [1.29, 1.82) is 0 Å². The van der Waals surface area contributed by atoms with Gasteiger partial charge in [0.2, 0.25) is 0 Å². The summed E-state index contributed by atoms with van der Waals surface area (Å²) in [5.41, 5.74) is 1.28. The minimum atomic E-state index is 0.919. The molecule has 4 heteroatoms. The average molecular weight is 329 g/mol. The maximum Gasteiger partial charge on any atom is 0.119 e. The highest BCUT2D eigenvalue weighted by Gasteiger charge is 2.08. The van der Waals surface area contributed by atoms with Gasteiger partial charge in [0, 0.05) is 11.0 Å². The molecule has 0 saturated carbocycles. The molecule has 0 spiro atoms. The molecule has 0 atom stereocenters. The lowest BCUT2D eigenvalue weighted by atomic mass is 10.2. The van der Waals surface area contributed by atoms with E-state index in [1.807, 2.05) is 6.07 Å². The van der Waals surface area contributed by atoms with Crippen molar-refractivity contribution in [2.24, 2.45) is 0 Å². The molecule has 0 amide bonds. The number of rotatable bonds is 8. The minimum Gasteiger partial charge on any atom is -0.497 e. The lowest BCUT2D eigenvalue weighted by molar-refractivity contribution is 0.258. The number of hydrogen-bond acceptors (Lipinski definition) is 3. The number of methoxy groups -OCH3 is 1. The summed E-state index contributed by atoms with van der Waals surface area (Å²) in [5.74, 6) is 0.919. The van der Waals surface area contributed by atoms with Crippen LogP contribution >= 0.6 is 15.9 Å². The van der Waals surface area contributed by atoms with Crippen molar-refractivity contribution in [2.75, 3.05) is 40.8 Å². The zero-order valence-electron chi connectivity index (χ0n) is 12.4. The molecule has 0 unspecified atom stereocenters. The molecule has 1 aromatic rings. The largest absolute Gasteiger partial charge is 0.497 e. The SMILES string of the molecule is CCN(CCCN(C)C)Cc1cc(OC)ccc1Br. The van der Waals surface area contributed by atoms with E-state index >= 15 is 0 Å². The second-order valence-electron chi connectivity index (χ2n) is 4.98. The maximum atomic E-state index is 5.29. The molecule has 0 heterocycles. The molecule has 0 N–H and O–H groups in total. The number of halogens is 1. The van der Waals surface area contributed by atoms with Gasteiger partial charge in [0.1, 0.15) is 5.75 Å². The van der Waals surface area contributed by atoms with Crippen LogP contribution in [0, 0.1) is 0 Å². The third-order valence-electron chi connectivity index (χ3n) is 3.17. The molecule has 0 bridgehead atoms. The summed E-state index contributed by atoms with van der Waals surface area (Å²) in [6, 6.07) is 6.15. The van der Waals surface area contributed by atoms with Crippen LogP contribution in [0.4, 0.5) is 0 Å². The Bertz CT molecular complexity index is 382. The number of benzene rings is 1. The van der Waals surface area contributed by atoms with E-state index in [1.165, 1.54) is 12.0 Å². The highest BCUT2D eigenvalue weighted by molar-refractivity contribution is 9.10. The summed E-state index contributed by atoms with van der Waals surface area (Å²) in [4.78, 5) is 4.69. The van der Waals surface area contributed by atoms with Crippen molar-refractivity contribution in [1.82, 2.24) is 9.80 Å². The Morgan fingerprint density at radius 3 is 2.53 bits per heavy atom. The first kappa shape index (κ1) is 16.5. The predicted molar refractivity (Wildman–Crippen MR) is 84.8 cm³/mol. The van der Waals surface area contributed by atoms with Gasteiger partial charge in [-0.2, -0.15) is 0 Å². The molecule has 19 heavy (non-hydrogen) atoms. The molecule has 0 aliphatic rings. The summed E-state index contributed by atoms with van der Waals surface area (Å²) < 4.78 is 6.44. The molecule has 1 aromatic carbocycles. The van der Waals surface area contributed by atoms with Crippen molar-refractivity contribution in [2.45, 2.75) is 19.9 Å². The summed E-state index contributed by atoms with van der Waals surface area (Å²) in [6.07, 6.45) is 1.20. The van der Waals surface area contributed by atoms with Crippen LogP contribution in [-0.4, -0.2) is 50.6 Å². The molecular weight excluding hydrogens is 304 g/mol. The molecule has 0 aliphatic heterocycles. The summed E-state index contributed by atoms with van der Waals surface area (Å²) >= 11 is 3.62. The van der Waals surface area contributed by atoms with E-state index in [-0.39, 0.29) is 0 Å². The molecule has 0 fully saturated rings. The molecule has 0 radical (unpaired) electrons. The van der Waals surface area contributed by atoms with Crippen LogP contribution in [-0.2, 0) is 6.54 Å². The highest BCUT2D eigenvalue weighted by atomic mass is 79.9. The molecule has 0 saturated heterocycles. The minimum absolute atomic E-state index is 0.919. The van der Waals surface area contributed by atoms with Crippen molar-refractivity contribution < 1.29 is 4.74 Å². The summed E-state index contributed by atoms with van der Waals surface area (Å²) in [6.45, 7) is 6.50. The quantitative estimate of drug-likeness (QED) is 0.728. The van der Waals surface area contributed by atoms with Gasteiger partial charge in [0.15, 0.2) is 0 Å². The van der Waals surface area contributed by atoms with Crippen molar-refractivity contribution in [3.63, 3.8) is 0 Å². The third-order valence-corrected chi connectivity index (χ3v) is 3.95. The Morgan fingerprint density at radius 2 is 1.95 bits per heavy atom. The molecule has 108 valence electrons. The zero-order chi connectivity index (χ0) is 14.3. The molecule has 0 aromatic heterocycles. The lowest BCUT2D eigenvalue weighted by Gasteiger charge is -2.22. The number of ether oxygens (including phenoxy) is 1. The van der Waals surface area contributed by atoms with E-state index in [0.717, 1.165) is 36.4 Å². The Hall–Kier alpha value is -0.580. The van der Waals surface area contributed by atoms with E-state index in [2.05, 4.69) is 58.9 Å². The van der Waals surface area contributed by atoms with Gasteiger partial charge in [0.25, 0.3) is 0 Å². The third kappa shape index (κ3) is 5.93. The van der Waals surface area contributed by atoms with Crippen LogP contribution in [0.2, 0.25) is 0 Å². The molecule has 1 rings (SSSR count). The first-order valence-corrected chi connectivity index (χ1v) is 7.55. The first-order valence-electron chi connectivity index (χ1n) is 6.76. The van der Waals surface area contributed by atoms with E-state index in [1.54, 1.807) is 7.11 Å². The number of nitrogens with zero attached hydrogens (tertiary/aromatic N) is 2. The van der Waals surface area contributed by atoms with Gasteiger partial charge in [-0.3, -0.25) is 4.90 Å². The van der Waals surface area contributed by atoms with Gasteiger partial charge >= 0.3 is 0 Å². The normalized spacial score (nSPS) is 11.3. The Kier molecular flexibility index (Phi) is 7.42. The van der Waals surface area contributed by atoms with E-state index in [4.69, 9.17) is 4.74 Å². The van der Waals surface area contributed by atoms with E-state index in [0.29, 0.717) is 0 Å². The second-order valence-corrected chi connectivity index (χ2v) is 5.84. The maximum absolute atomic E-state index is 5.29. The monoisotopic (exact) mass is 328 g/mol. The van der Waals surface area contributed by atoms with Crippen molar-refractivity contribution >= 4 is 15.9 Å². The van der Waals surface area contributed by atoms with Gasteiger partial charge in [-0.25, -0.2) is 0 Å². The molecule has 3 nitrogen and oxygen atoms in total. The highest BCUT2D eigenvalue weighted by Crippen LogP contribution is 2.23. The summed E-state index contributed by atoms with van der Waals surface area (Å²) in [7, 11) is 5.95.